The maximum absolute atomic E-state index is 11.0. The van der Waals surface area contributed by atoms with Crippen molar-refractivity contribution in [2.75, 3.05) is 12.0 Å². The number of nitro groups is 1. The monoisotopic (exact) mass is 304 g/mol. The van der Waals surface area contributed by atoms with Crippen LogP contribution in [0.5, 0.6) is 0 Å². The first-order chi connectivity index (χ1) is 8.91. The molecule has 0 saturated heterocycles. The van der Waals surface area contributed by atoms with Gasteiger partial charge in [0.05, 0.1) is 15.5 Å². The van der Waals surface area contributed by atoms with E-state index in [1.807, 2.05) is 6.92 Å². The fourth-order valence-corrected chi connectivity index (χ4v) is 2.54. The van der Waals surface area contributed by atoms with E-state index in [0.717, 1.165) is 6.42 Å². The molecule has 0 aliphatic heterocycles. The summed E-state index contributed by atoms with van der Waals surface area (Å²) in [4.78, 5) is 10.5. The summed E-state index contributed by atoms with van der Waals surface area (Å²) < 4.78 is 11.0. The Bertz CT molecular complexity index is 482. The van der Waals surface area contributed by atoms with Gasteiger partial charge in [-0.3, -0.25) is 14.3 Å². The highest BCUT2D eigenvalue weighted by Gasteiger charge is 2.16. The number of nitro benzene ring substituents is 1. The van der Waals surface area contributed by atoms with E-state index in [1.54, 1.807) is 18.4 Å². The minimum atomic E-state index is -0.825. The molecule has 0 bridgehead atoms. The molecule has 0 amide bonds. The van der Waals surface area contributed by atoms with Crippen LogP contribution in [-0.4, -0.2) is 27.2 Å². The molecule has 0 heterocycles. The minimum Gasteiger partial charge on any atom is -0.310 e. The van der Waals surface area contributed by atoms with E-state index in [2.05, 4.69) is 5.32 Å². The largest absolute Gasteiger partial charge is 0.310 e. The van der Waals surface area contributed by atoms with Crippen LogP contribution in [0, 0.1) is 10.1 Å². The van der Waals surface area contributed by atoms with Gasteiger partial charge in [-0.25, -0.2) is 0 Å². The molecule has 1 aromatic rings. The molecule has 2 unspecified atom stereocenters. The van der Waals surface area contributed by atoms with Gasteiger partial charge in [0.15, 0.2) is 0 Å². The molecule has 19 heavy (non-hydrogen) atoms. The first kappa shape index (κ1) is 16.1. The molecule has 0 spiro atoms. The van der Waals surface area contributed by atoms with Crippen molar-refractivity contribution in [1.82, 2.24) is 5.32 Å². The van der Waals surface area contributed by atoms with Crippen LogP contribution < -0.4 is 5.32 Å². The van der Waals surface area contributed by atoms with Crippen molar-refractivity contribution in [3.8, 4) is 0 Å². The van der Waals surface area contributed by atoms with Gasteiger partial charge in [0.2, 0.25) is 0 Å². The Hall–Kier alpha value is -0.980. The van der Waals surface area contributed by atoms with Crippen LogP contribution in [0.15, 0.2) is 18.2 Å². The summed E-state index contributed by atoms with van der Waals surface area (Å²) in [5, 5.41) is 14.5. The van der Waals surface area contributed by atoms with Crippen molar-refractivity contribution in [1.29, 1.82) is 0 Å². The molecule has 0 aromatic heterocycles. The van der Waals surface area contributed by atoms with E-state index in [1.165, 1.54) is 6.07 Å². The molecule has 2 atom stereocenters. The summed E-state index contributed by atoms with van der Waals surface area (Å²) >= 11 is 5.99. The molecular formula is C12H17ClN2O3S. The normalized spacial score (nSPS) is 14.1. The molecule has 1 aromatic carbocycles. The maximum atomic E-state index is 11.0. The van der Waals surface area contributed by atoms with E-state index >= 15 is 0 Å². The van der Waals surface area contributed by atoms with Gasteiger partial charge in [0.25, 0.3) is 5.69 Å². The van der Waals surface area contributed by atoms with Crippen LogP contribution >= 0.6 is 11.6 Å². The topological polar surface area (TPSA) is 72.2 Å². The van der Waals surface area contributed by atoms with Crippen LogP contribution in [0.25, 0.3) is 0 Å². The second kappa shape index (κ2) is 7.57. The highest BCUT2D eigenvalue weighted by molar-refractivity contribution is 7.84. The minimum absolute atomic E-state index is 0.0197. The summed E-state index contributed by atoms with van der Waals surface area (Å²) in [6, 6.07) is 4.76. The molecule has 0 aliphatic rings. The molecular weight excluding hydrogens is 288 g/mol. The number of halogens is 1. The average molecular weight is 305 g/mol. The van der Waals surface area contributed by atoms with Crippen molar-refractivity contribution in [3.63, 3.8) is 0 Å². The predicted molar refractivity (Wildman–Crippen MR) is 78.0 cm³/mol. The SMILES string of the molecule is CC(CCS(C)=O)NCc1c(Cl)cccc1[N+](=O)[O-]. The summed E-state index contributed by atoms with van der Waals surface area (Å²) in [5.74, 6) is 0.610. The zero-order valence-corrected chi connectivity index (χ0v) is 12.5. The van der Waals surface area contributed by atoms with Gasteiger partial charge in [0, 0.05) is 41.5 Å². The number of benzene rings is 1. The van der Waals surface area contributed by atoms with E-state index < -0.39 is 15.7 Å². The van der Waals surface area contributed by atoms with E-state index in [4.69, 9.17) is 11.6 Å². The smallest absolute Gasteiger partial charge is 0.275 e. The van der Waals surface area contributed by atoms with Crippen LogP contribution in [0.2, 0.25) is 5.02 Å². The Morgan fingerprint density at radius 3 is 2.79 bits per heavy atom. The Morgan fingerprint density at radius 2 is 2.21 bits per heavy atom. The summed E-state index contributed by atoms with van der Waals surface area (Å²) in [7, 11) is -0.825. The number of nitrogens with zero attached hydrogens (tertiary/aromatic N) is 1. The number of hydrogen-bond donors (Lipinski definition) is 1. The van der Waals surface area contributed by atoms with Gasteiger partial charge in [-0.15, -0.1) is 0 Å². The predicted octanol–water partition coefficient (Wildman–Crippen LogP) is 2.49. The zero-order valence-electron chi connectivity index (χ0n) is 10.9. The molecule has 106 valence electrons. The third-order valence-electron chi connectivity index (χ3n) is 2.76. The lowest BCUT2D eigenvalue weighted by atomic mass is 10.1. The lowest BCUT2D eigenvalue weighted by Gasteiger charge is -2.13. The number of nitrogens with one attached hydrogen (secondary N) is 1. The van der Waals surface area contributed by atoms with Crippen molar-refractivity contribution in [2.24, 2.45) is 0 Å². The van der Waals surface area contributed by atoms with Crippen molar-refractivity contribution >= 4 is 28.1 Å². The summed E-state index contributed by atoms with van der Waals surface area (Å²) in [6.45, 7) is 2.28. The fourth-order valence-electron chi connectivity index (χ4n) is 1.61. The molecule has 0 aliphatic carbocycles. The molecule has 1 N–H and O–H groups in total. The van der Waals surface area contributed by atoms with Gasteiger partial charge in [-0.2, -0.15) is 0 Å². The average Bonchev–Trinajstić information content (AvgIpc) is 2.34. The Kier molecular flexibility index (Phi) is 6.41. The molecule has 7 heteroatoms. The zero-order chi connectivity index (χ0) is 14.4. The van der Waals surface area contributed by atoms with Crippen molar-refractivity contribution in [2.45, 2.75) is 25.9 Å². The molecule has 1 rings (SSSR count). The second-order valence-corrected chi connectivity index (χ2v) is 6.30. The first-order valence-electron chi connectivity index (χ1n) is 5.87. The lowest BCUT2D eigenvalue weighted by Crippen LogP contribution is -2.27. The van der Waals surface area contributed by atoms with Gasteiger partial charge in [0.1, 0.15) is 0 Å². The Labute approximate surface area is 120 Å². The van der Waals surface area contributed by atoms with Gasteiger partial charge < -0.3 is 5.32 Å². The summed E-state index contributed by atoms with van der Waals surface area (Å²) in [6.07, 6.45) is 2.41. The molecule has 0 fully saturated rings. The van der Waals surface area contributed by atoms with Crippen LogP contribution in [-0.2, 0) is 17.3 Å². The number of hydrogen-bond acceptors (Lipinski definition) is 4. The standard InChI is InChI=1S/C12H17ClN2O3S/c1-9(6-7-19(2)18)14-8-10-11(13)4-3-5-12(10)15(16)17/h3-5,9,14H,6-8H2,1-2H3. The summed E-state index contributed by atoms with van der Waals surface area (Å²) in [5.41, 5.74) is 0.505. The third-order valence-corrected chi connectivity index (χ3v) is 3.92. The van der Waals surface area contributed by atoms with Crippen LogP contribution in [0.4, 0.5) is 5.69 Å². The number of rotatable bonds is 7. The van der Waals surface area contributed by atoms with Crippen molar-refractivity contribution in [3.05, 3.63) is 38.9 Å². The van der Waals surface area contributed by atoms with Gasteiger partial charge in [-0.05, 0) is 19.4 Å². The van der Waals surface area contributed by atoms with E-state index in [0.29, 0.717) is 22.9 Å². The first-order valence-corrected chi connectivity index (χ1v) is 7.97. The van der Waals surface area contributed by atoms with Crippen molar-refractivity contribution < 1.29 is 9.13 Å². The van der Waals surface area contributed by atoms with Gasteiger partial charge in [-0.1, -0.05) is 17.7 Å². The molecule has 5 nitrogen and oxygen atoms in total. The Morgan fingerprint density at radius 1 is 1.53 bits per heavy atom. The lowest BCUT2D eigenvalue weighted by molar-refractivity contribution is -0.385. The van der Waals surface area contributed by atoms with E-state index in [9.17, 15) is 14.3 Å². The second-order valence-electron chi connectivity index (χ2n) is 4.34. The maximum Gasteiger partial charge on any atom is 0.275 e. The quantitative estimate of drug-likeness (QED) is 0.620. The third kappa shape index (κ3) is 5.26. The van der Waals surface area contributed by atoms with Crippen LogP contribution in [0.1, 0.15) is 18.9 Å². The highest BCUT2D eigenvalue weighted by Crippen LogP contribution is 2.26. The fraction of sp³-hybridized carbons (Fsp3) is 0.500. The van der Waals surface area contributed by atoms with Gasteiger partial charge >= 0.3 is 0 Å². The Balaban J connectivity index is 2.67. The molecule has 0 radical (unpaired) electrons. The van der Waals surface area contributed by atoms with Crippen LogP contribution in [0.3, 0.4) is 0 Å². The highest BCUT2D eigenvalue weighted by atomic mass is 35.5. The van der Waals surface area contributed by atoms with E-state index in [-0.39, 0.29) is 11.7 Å². The molecule has 0 saturated carbocycles.